The first-order valence-corrected chi connectivity index (χ1v) is 17.1. The third kappa shape index (κ3) is 8.32. The molecule has 0 radical (unpaired) electrons. The smallest absolute Gasteiger partial charge is 0.303 e. The predicted octanol–water partition coefficient (Wildman–Crippen LogP) is 4.56. The van der Waals surface area contributed by atoms with Gasteiger partial charge in [-0.15, -0.1) is 0 Å². The molecule has 5 rings (SSSR count). The van der Waals surface area contributed by atoms with Gasteiger partial charge in [-0.3, -0.25) is 28.8 Å². The molecule has 52 heavy (non-hydrogen) atoms. The molecule has 2 heterocycles. The van der Waals surface area contributed by atoms with Crippen LogP contribution < -0.4 is 9.47 Å². The molecule has 1 aromatic rings. The number of benzene rings is 1. The molecule has 0 bridgehead atoms. The molecule has 1 fully saturated rings. The SMILES string of the molecule is COc1cc(C2C3=C(CC(C)(C)CC3=O)OC3=C2C(=O)CC(C)(C)C3)ccc1O[C@@H]1OC(COC(C)=O)[C@H](OC(C)=O)[C@H](OC(C)=O)[C@@H]1OC(C)=O. The second kappa shape index (κ2) is 14.7. The van der Waals surface area contributed by atoms with E-state index >= 15 is 0 Å². The lowest BCUT2D eigenvalue weighted by Gasteiger charge is -2.44. The Kier molecular flexibility index (Phi) is 10.9. The number of hydrogen-bond donors (Lipinski definition) is 0. The molecule has 2 aliphatic carbocycles. The number of allylic oxidation sites excluding steroid dienone is 4. The fourth-order valence-corrected chi connectivity index (χ4v) is 7.38. The summed E-state index contributed by atoms with van der Waals surface area (Å²) in [6.45, 7) is 12.2. The zero-order valence-electron chi connectivity index (χ0n) is 30.9. The monoisotopic (exact) mass is 726 g/mol. The maximum Gasteiger partial charge on any atom is 0.303 e. The van der Waals surface area contributed by atoms with Gasteiger partial charge in [-0.1, -0.05) is 33.8 Å². The van der Waals surface area contributed by atoms with Gasteiger partial charge in [0.1, 0.15) is 24.2 Å². The largest absolute Gasteiger partial charge is 0.493 e. The maximum absolute atomic E-state index is 13.8. The average Bonchev–Trinajstić information content (AvgIpc) is 3.00. The fourth-order valence-electron chi connectivity index (χ4n) is 7.38. The summed E-state index contributed by atoms with van der Waals surface area (Å²) < 4.78 is 46.2. The first-order valence-electron chi connectivity index (χ1n) is 17.1. The number of esters is 4. The van der Waals surface area contributed by atoms with Crippen molar-refractivity contribution >= 4 is 35.4 Å². The summed E-state index contributed by atoms with van der Waals surface area (Å²) in [6, 6.07) is 4.92. The highest BCUT2D eigenvalue weighted by atomic mass is 16.7. The van der Waals surface area contributed by atoms with Crippen LogP contribution >= 0.6 is 0 Å². The molecular weight excluding hydrogens is 680 g/mol. The van der Waals surface area contributed by atoms with Gasteiger partial charge in [0.25, 0.3) is 0 Å². The third-order valence-corrected chi connectivity index (χ3v) is 9.29. The van der Waals surface area contributed by atoms with Crippen LogP contribution in [0.25, 0.3) is 0 Å². The van der Waals surface area contributed by atoms with E-state index < -0.39 is 67.1 Å². The van der Waals surface area contributed by atoms with Crippen molar-refractivity contribution in [1.29, 1.82) is 0 Å². The molecule has 0 spiro atoms. The number of rotatable bonds is 9. The van der Waals surface area contributed by atoms with Gasteiger partial charge in [-0.25, -0.2) is 0 Å². The minimum Gasteiger partial charge on any atom is -0.493 e. The Balaban J connectivity index is 1.57. The molecule has 0 saturated carbocycles. The van der Waals surface area contributed by atoms with Crippen LogP contribution in [0.3, 0.4) is 0 Å². The highest BCUT2D eigenvalue weighted by molar-refractivity contribution is 6.06. The van der Waals surface area contributed by atoms with Crippen LogP contribution in [-0.2, 0) is 57.2 Å². The van der Waals surface area contributed by atoms with Gasteiger partial charge >= 0.3 is 23.9 Å². The zero-order chi connectivity index (χ0) is 38.3. The number of carbonyl (C=O) groups excluding carboxylic acids is 6. The van der Waals surface area contributed by atoms with Crippen molar-refractivity contribution in [2.24, 2.45) is 10.8 Å². The molecule has 2 aliphatic heterocycles. The van der Waals surface area contributed by atoms with Crippen LogP contribution in [0.1, 0.15) is 92.6 Å². The third-order valence-electron chi connectivity index (χ3n) is 9.29. The van der Waals surface area contributed by atoms with E-state index in [1.807, 2.05) is 27.7 Å². The number of methoxy groups -OCH3 is 1. The van der Waals surface area contributed by atoms with Gasteiger partial charge in [0.05, 0.1) is 7.11 Å². The molecule has 282 valence electrons. The van der Waals surface area contributed by atoms with Crippen LogP contribution in [0, 0.1) is 10.8 Å². The Morgan fingerprint density at radius 2 is 1.23 bits per heavy atom. The van der Waals surface area contributed by atoms with Crippen molar-refractivity contribution in [2.75, 3.05) is 13.7 Å². The van der Waals surface area contributed by atoms with E-state index in [9.17, 15) is 28.8 Å². The summed E-state index contributed by atoms with van der Waals surface area (Å²) in [7, 11) is 1.40. The molecule has 0 amide bonds. The second-order valence-corrected chi connectivity index (χ2v) is 15.2. The van der Waals surface area contributed by atoms with Crippen LogP contribution in [0.4, 0.5) is 0 Å². The van der Waals surface area contributed by atoms with E-state index in [4.69, 9.17) is 37.9 Å². The van der Waals surface area contributed by atoms with Gasteiger partial charge in [-0.05, 0) is 28.5 Å². The summed E-state index contributed by atoms with van der Waals surface area (Å²) in [5.74, 6) is -2.50. The van der Waals surface area contributed by atoms with Crippen molar-refractivity contribution in [3.8, 4) is 11.5 Å². The van der Waals surface area contributed by atoms with Crippen molar-refractivity contribution < 1.29 is 66.7 Å². The second-order valence-electron chi connectivity index (χ2n) is 15.2. The Morgan fingerprint density at radius 1 is 0.712 bits per heavy atom. The topological polar surface area (TPSA) is 176 Å². The van der Waals surface area contributed by atoms with Gasteiger partial charge in [0.15, 0.2) is 35.3 Å². The number of ether oxygens (including phenoxy) is 8. The lowest BCUT2D eigenvalue weighted by molar-refractivity contribution is -0.288. The standard InChI is InChI=1S/C38H46O14/c1-18(39)46-17-29-33(47-19(2)40)34(48-20(3)41)35(49-21(4)42)36(52-29)51-25-11-10-22(12-26(25)45-9)30-31-23(43)13-37(5,6)15-27(31)50-28-16-38(7,8)14-24(44)32(28)30/h10-12,29-30,33-36H,13-17H2,1-9H3/t29?,33-,34-,35-,36+/m0/s1. The van der Waals surface area contributed by atoms with Crippen molar-refractivity contribution in [1.82, 2.24) is 0 Å². The number of carbonyl (C=O) groups is 6. The summed E-state index contributed by atoms with van der Waals surface area (Å²) in [5, 5.41) is 0. The molecule has 4 aliphatic rings. The van der Waals surface area contributed by atoms with Crippen molar-refractivity contribution in [3.05, 3.63) is 46.4 Å². The Hall–Kier alpha value is -4.72. The lowest BCUT2D eigenvalue weighted by atomic mass is 9.65. The van der Waals surface area contributed by atoms with E-state index in [0.717, 1.165) is 20.8 Å². The predicted molar refractivity (Wildman–Crippen MR) is 179 cm³/mol. The zero-order valence-corrected chi connectivity index (χ0v) is 30.9. The molecular formula is C38H46O14. The summed E-state index contributed by atoms with van der Waals surface area (Å²) in [5.41, 5.74) is 0.830. The molecule has 0 N–H and O–H groups in total. The Labute approximate surface area is 302 Å². The molecule has 0 aromatic heterocycles. The minimum atomic E-state index is -1.50. The Morgan fingerprint density at radius 3 is 1.73 bits per heavy atom. The van der Waals surface area contributed by atoms with Crippen molar-refractivity contribution in [2.45, 2.75) is 118 Å². The molecule has 1 saturated heterocycles. The fraction of sp³-hybridized carbons (Fsp3) is 0.579. The van der Waals surface area contributed by atoms with Gasteiger partial charge in [-0.2, -0.15) is 0 Å². The summed E-state index contributed by atoms with van der Waals surface area (Å²) in [6.07, 6.45) is -5.36. The van der Waals surface area contributed by atoms with Crippen LogP contribution in [0.5, 0.6) is 11.5 Å². The van der Waals surface area contributed by atoms with E-state index in [1.165, 1.54) is 14.0 Å². The van der Waals surface area contributed by atoms with E-state index in [2.05, 4.69) is 0 Å². The first-order chi connectivity index (χ1) is 24.3. The number of Topliss-reactive ketones (excluding diaryl/α,β-unsaturated/α-hetero) is 2. The lowest BCUT2D eigenvalue weighted by Crippen LogP contribution is -2.63. The highest BCUT2D eigenvalue weighted by Gasteiger charge is 2.54. The van der Waals surface area contributed by atoms with Crippen LogP contribution in [0.2, 0.25) is 0 Å². The van der Waals surface area contributed by atoms with Crippen LogP contribution in [0.15, 0.2) is 40.9 Å². The van der Waals surface area contributed by atoms with Gasteiger partial charge in [0.2, 0.25) is 12.4 Å². The average molecular weight is 727 g/mol. The summed E-state index contributed by atoms with van der Waals surface area (Å²) in [4.78, 5) is 76.0. The molecule has 5 atom stereocenters. The Bertz CT molecular complexity index is 1680. The quantitative estimate of drug-likeness (QED) is 0.256. The normalized spacial score (nSPS) is 26.7. The van der Waals surface area contributed by atoms with E-state index in [0.29, 0.717) is 41.1 Å². The van der Waals surface area contributed by atoms with E-state index in [-0.39, 0.29) is 46.7 Å². The maximum atomic E-state index is 13.8. The first kappa shape index (κ1) is 38.5. The van der Waals surface area contributed by atoms with Gasteiger partial charge in [0, 0.05) is 70.4 Å². The molecule has 1 aromatic carbocycles. The number of hydrogen-bond acceptors (Lipinski definition) is 14. The van der Waals surface area contributed by atoms with Gasteiger partial charge < -0.3 is 37.9 Å². The van der Waals surface area contributed by atoms with Crippen LogP contribution in [-0.4, -0.2) is 79.9 Å². The minimum absolute atomic E-state index is 0.0924. The summed E-state index contributed by atoms with van der Waals surface area (Å²) >= 11 is 0. The molecule has 14 heteroatoms. The van der Waals surface area contributed by atoms with Crippen molar-refractivity contribution in [3.63, 3.8) is 0 Å². The highest BCUT2D eigenvalue weighted by Crippen LogP contribution is 2.54. The number of ketones is 2. The molecule has 14 nitrogen and oxygen atoms in total. The molecule has 1 unspecified atom stereocenters. The van der Waals surface area contributed by atoms with E-state index in [1.54, 1.807) is 18.2 Å².